The van der Waals surface area contributed by atoms with Crippen LogP contribution in [0.15, 0.2) is 16.6 Å². The lowest BCUT2D eigenvalue weighted by molar-refractivity contribution is -0.0854. The van der Waals surface area contributed by atoms with Crippen LogP contribution in [0.1, 0.15) is 20.3 Å². The number of ether oxygens (including phenoxy) is 1. The zero-order valence-electron chi connectivity index (χ0n) is 13.2. The van der Waals surface area contributed by atoms with Gasteiger partial charge in [-0.15, -0.1) is 0 Å². The van der Waals surface area contributed by atoms with E-state index in [1.54, 1.807) is 12.1 Å². The summed E-state index contributed by atoms with van der Waals surface area (Å²) >= 11 is 9.49. The van der Waals surface area contributed by atoms with Gasteiger partial charge in [-0.25, -0.2) is 0 Å². The minimum absolute atomic E-state index is 0.153. The molecule has 122 valence electrons. The third kappa shape index (κ3) is 5.86. The molecule has 0 atom stereocenters. The van der Waals surface area contributed by atoms with Crippen molar-refractivity contribution in [3.8, 4) is 5.75 Å². The molecule has 0 spiro atoms. The van der Waals surface area contributed by atoms with Crippen LogP contribution in [0, 0.1) is 5.41 Å². The van der Waals surface area contributed by atoms with Gasteiger partial charge in [0.1, 0.15) is 12.0 Å². The molecule has 0 saturated carbocycles. The van der Waals surface area contributed by atoms with Gasteiger partial charge in [0.05, 0.1) is 11.6 Å². The minimum Gasteiger partial charge on any atom is -0.492 e. The second-order valence-electron chi connectivity index (χ2n) is 5.37. The van der Waals surface area contributed by atoms with E-state index in [4.69, 9.17) is 30.9 Å². The molecular formula is C14H21BrClNO3Si2. The lowest BCUT2D eigenvalue weighted by atomic mass is 9.89. The van der Waals surface area contributed by atoms with Crippen molar-refractivity contribution in [2.24, 2.45) is 5.41 Å². The maximum atomic E-state index is 6.16. The molecule has 0 heterocycles. The van der Waals surface area contributed by atoms with Crippen molar-refractivity contribution in [1.82, 2.24) is 0 Å². The largest absolute Gasteiger partial charge is 0.492 e. The first-order chi connectivity index (χ1) is 10.3. The first kappa shape index (κ1) is 20.0. The normalized spacial score (nSPS) is 12.0. The van der Waals surface area contributed by atoms with Gasteiger partial charge in [0.15, 0.2) is 0 Å². The third-order valence-electron chi connectivity index (χ3n) is 3.14. The molecule has 4 nitrogen and oxygen atoms in total. The van der Waals surface area contributed by atoms with Crippen LogP contribution in [-0.4, -0.2) is 32.4 Å². The number of nitrogens with two attached hydrogens (primary N) is 1. The Labute approximate surface area is 151 Å². The zero-order valence-corrected chi connectivity index (χ0v) is 17.5. The maximum Gasteiger partial charge on any atom is 0.229 e. The summed E-state index contributed by atoms with van der Waals surface area (Å²) in [5, 5.41) is 0.535. The highest BCUT2D eigenvalue weighted by molar-refractivity contribution is 9.10. The average Bonchev–Trinajstić information content (AvgIpc) is 2.44. The van der Waals surface area contributed by atoms with Gasteiger partial charge in [-0.05, 0) is 41.5 Å². The van der Waals surface area contributed by atoms with E-state index in [1.165, 1.54) is 0 Å². The summed E-state index contributed by atoms with van der Waals surface area (Å²) in [6.45, 7) is 8.71. The van der Waals surface area contributed by atoms with Crippen LogP contribution in [0.2, 0.25) is 18.1 Å². The molecule has 1 aromatic rings. The first-order valence-corrected chi connectivity index (χ1v) is 10.8. The summed E-state index contributed by atoms with van der Waals surface area (Å²) in [4.78, 5) is 0. The molecule has 4 radical (unpaired) electrons. The molecule has 0 bridgehead atoms. The molecule has 0 aliphatic rings. The summed E-state index contributed by atoms with van der Waals surface area (Å²) in [6, 6.07) is 3.47. The number of hydrogen-bond donors (Lipinski definition) is 1. The van der Waals surface area contributed by atoms with Gasteiger partial charge in [-0.2, -0.15) is 0 Å². The SMILES string of the molecule is C[Si]OC(O[Si]C)C(C)(C)CCOc1cc(N)c(Br)cc1Cl. The van der Waals surface area contributed by atoms with E-state index in [-0.39, 0.29) is 11.7 Å². The molecule has 0 unspecified atom stereocenters. The monoisotopic (exact) mass is 421 g/mol. The molecule has 1 rings (SSSR count). The number of rotatable bonds is 9. The minimum atomic E-state index is -0.228. The van der Waals surface area contributed by atoms with E-state index in [0.29, 0.717) is 42.6 Å². The highest BCUT2D eigenvalue weighted by Crippen LogP contribution is 2.34. The fraction of sp³-hybridized carbons (Fsp3) is 0.571. The number of anilines is 1. The number of hydrogen-bond acceptors (Lipinski definition) is 4. The number of benzene rings is 1. The quantitative estimate of drug-likeness (QED) is 0.368. The molecular weight excluding hydrogens is 402 g/mol. The van der Waals surface area contributed by atoms with Crippen LogP contribution in [-0.2, 0) is 8.85 Å². The van der Waals surface area contributed by atoms with E-state index in [0.717, 1.165) is 10.9 Å². The summed E-state index contributed by atoms with van der Waals surface area (Å²) in [6.07, 6.45) is 0.548. The molecule has 22 heavy (non-hydrogen) atoms. The van der Waals surface area contributed by atoms with Gasteiger partial charge in [0, 0.05) is 21.6 Å². The average molecular weight is 423 g/mol. The fourth-order valence-corrected chi connectivity index (χ4v) is 3.71. The van der Waals surface area contributed by atoms with Crippen LogP contribution in [0.4, 0.5) is 5.69 Å². The van der Waals surface area contributed by atoms with Crippen molar-refractivity contribution in [3.63, 3.8) is 0 Å². The van der Waals surface area contributed by atoms with Gasteiger partial charge in [0.25, 0.3) is 0 Å². The number of halogens is 2. The molecule has 0 aromatic heterocycles. The van der Waals surface area contributed by atoms with Crippen LogP contribution in [0.25, 0.3) is 0 Å². The van der Waals surface area contributed by atoms with Crippen LogP contribution >= 0.6 is 27.5 Å². The van der Waals surface area contributed by atoms with Crippen molar-refractivity contribution in [3.05, 3.63) is 21.6 Å². The summed E-state index contributed by atoms with van der Waals surface area (Å²) in [7, 11) is 0.780. The molecule has 8 heteroatoms. The first-order valence-electron chi connectivity index (χ1n) is 6.84. The smallest absolute Gasteiger partial charge is 0.229 e. The van der Waals surface area contributed by atoms with Gasteiger partial charge in [-0.3, -0.25) is 0 Å². The Hall–Kier alpha value is -0.0562. The van der Waals surface area contributed by atoms with Crippen LogP contribution in [0.3, 0.4) is 0 Å². The zero-order chi connectivity index (χ0) is 16.8. The Balaban J connectivity index is 2.63. The number of nitrogen functional groups attached to an aromatic ring is 1. The van der Waals surface area contributed by atoms with Gasteiger partial charge in [-0.1, -0.05) is 25.4 Å². The van der Waals surface area contributed by atoms with Crippen molar-refractivity contribution in [2.45, 2.75) is 39.7 Å². The van der Waals surface area contributed by atoms with E-state index >= 15 is 0 Å². The standard InChI is InChI=1S/C14H21BrClNO3Si2/c1-14(2,13(19-21-3)20-22-4)5-6-18-12-8-11(17)9(15)7-10(12)16/h7-8,13H,5-6,17H2,1-4H3. The van der Waals surface area contributed by atoms with Crippen molar-refractivity contribution < 1.29 is 13.6 Å². The van der Waals surface area contributed by atoms with E-state index in [9.17, 15) is 0 Å². The van der Waals surface area contributed by atoms with Gasteiger partial charge in [0.2, 0.25) is 19.5 Å². The third-order valence-corrected chi connectivity index (χ3v) is 5.02. The van der Waals surface area contributed by atoms with E-state index in [2.05, 4.69) is 29.8 Å². The Morgan fingerprint density at radius 2 is 1.86 bits per heavy atom. The Morgan fingerprint density at radius 3 is 2.41 bits per heavy atom. The molecule has 0 aliphatic heterocycles. The van der Waals surface area contributed by atoms with Crippen LogP contribution in [0.5, 0.6) is 5.75 Å². The maximum absolute atomic E-state index is 6.16. The molecule has 0 aliphatic carbocycles. The summed E-state index contributed by atoms with van der Waals surface area (Å²) < 4.78 is 18.0. The Morgan fingerprint density at radius 1 is 1.27 bits per heavy atom. The summed E-state index contributed by atoms with van der Waals surface area (Å²) in [5.74, 6) is 0.589. The molecule has 0 amide bonds. The molecule has 0 saturated heterocycles. The predicted molar refractivity (Wildman–Crippen MR) is 96.7 cm³/mol. The van der Waals surface area contributed by atoms with Gasteiger partial charge >= 0.3 is 0 Å². The molecule has 1 aromatic carbocycles. The topological polar surface area (TPSA) is 53.7 Å². The van der Waals surface area contributed by atoms with E-state index < -0.39 is 0 Å². The van der Waals surface area contributed by atoms with Crippen LogP contribution < -0.4 is 10.5 Å². The Bertz CT molecular complexity index is 485. The van der Waals surface area contributed by atoms with Crippen molar-refractivity contribution >= 4 is 52.7 Å². The van der Waals surface area contributed by atoms with Crippen molar-refractivity contribution in [2.75, 3.05) is 12.3 Å². The Kier molecular flexibility index (Phi) is 8.44. The van der Waals surface area contributed by atoms with E-state index in [1.807, 2.05) is 13.1 Å². The van der Waals surface area contributed by atoms with Crippen molar-refractivity contribution in [1.29, 1.82) is 0 Å². The second kappa shape index (κ2) is 9.29. The predicted octanol–water partition coefficient (Wildman–Crippen LogP) is 4.17. The summed E-state index contributed by atoms with van der Waals surface area (Å²) in [5.41, 5.74) is 6.30. The van der Waals surface area contributed by atoms with Gasteiger partial charge < -0.3 is 19.3 Å². The second-order valence-corrected chi connectivity index (χ2v) is 7.92. The lowest BCUT2D eigenvalue weighted by Crippen LogP contribution is -2.37. The fourth-order valence-electron chi connectivity index (χ4n) is 1.75. The highest BCUT2D eigenvalue weighted by atomic mass is 79.9. The molecule has 2 N–H and O–H groups in total. The molecule has 0 fully saturated rings. The highest BCUT2D eigenvalue weighted by Gasteiger charge is 2.30. The lowest BCUT2D eigenvalue weighted by Gasteiger charge is -2.34.